The molecule has 0 N–H and O–H groups in total. The number of hydrogen-bond acceptors (Lipinski definition) is 1. The maximum atomic E-state index is 11.6. The van der Waals surface area contributed by atoms with Gasteiger partial charge in [0.25, 0.3) is 0 Å². The van der Waals surface area contributed by atoms with E-state index in [9.17, 15) is 4.79 Å². The molecule has 1 aliphatic rings. The van der Waals surface area contributed by atoms with Gasteiger partial charge in [-0.05, 0) is 24.0 Å². The molecule has 1 aromatic carbocycles. The minimum atomic E-state index is 0.0418. The molecule has 0 radical (unpaired) electrons. The van der Waals surface area contributed by atoms with Gasteiger partial charge in [0.15, 0.2) is 5.78 Å². The number of fused-ring (bicyclic) bond motifs is 1. The zero-order valence-electron chi connectivity index (χ0n) is 8.35. The van der Waals surface area contributed by atoms with Gasteiger partial charge in [-0.3, -0.25) is 4.79 Å². The Morgan fingerprint density at radius 1 is 1.31 bits per heavy atom. The van der Waals surface area contributed by atoms with Crippen LogP contribution in [0.15, 0.2) is 18.2 Å². The van der Waals surface area contributed by atoms with Crippen LogP contribution in [0.5, 0.6) is 0 Å². The van der Waals surface area contributed by atoms with Gasteiger partial charge in [-0.2, -0.15) is 0 Å². The van der Waals surface area contributed by atoms with Crippen LogP contribution in [0.4, 0.5) is 0 Å². The molecule has 0 heterocycles. The fourth-order valence-corrected chi connectivity index (χ4v) is 2.07. The van der Waals surface area contributed by atoms with Crippen molar-refractivity contribution < 1.29 is 4.79 Å². The number of Topliss-reactive ketones (excluding diaryl/α,β-unsaturated/α-hetero) is 1. The van der Waals surface area contributed by atoms with E-state index in [2.05, 4.69) is 26.0 Å². The predicted molar refractivity (Wildman–Crippen MR) is 53.2 cm³/mol. The van der Waals surface area contributed by atoms with Crippen molar-refractivity contribution in [1.29, 1.82) is 0 Å². The summed E-state index contributed by atoms with van der Waals surface area (Å²) in [6, 6.07) is 6.18. The number of hydrogen-bond donors (Lipinski definition) is 0. The van der Waals surface area contributed by atoms with Gasteiger partial charge in [-0.1, -0.05) is 31.5 Å². The first-order valence-corrected chi connectivity index (χ1v) is 4.65. The van der Waals surface area contributed by atoms with Gasteiger partial charge in [-0.15, -0.1) is 0 Å². The van der Waals surface area contributed by atoms with Crippen LogP contribution < -0.4 is 0 Å². The number of carbonyl (C=O) groups excluding carboxylic acids is 1. The van der Waals surface area contributed by atoms with E-state index in [1.807, 2.05) is 13.0 Å². The molecule has 2 rings (SSSR count). The normalized spacial score (nSPS) is 18.8. The fourth-order valence-electron chi connectivity index (χ4n) is 2.07. The molecule has 1 aliphatic carbocycles. The van der Waals surface area contributed by atoms with Crippen LogP contribution in [-0.2, 0) is 5.41 Å². The first-order valence-electron chi connectivity index (χ1n) is 4.65. The number of ketones is 1. The maximum Gasteiger partial charge on any atom is 0.164 e. The molecule has 68 valence electrons. The van der Waals surface area contributed by atoms with Crippen molar-refractivity contribution in [3.63, 3.8) is 0 Å². The highest BCUT2D eigenvalue weighted by Crippen LogP contribution is 2.38. The molecule has 1 heteroatoms. The summed E-state index contributed by atoms with van der Waals surface area (Å²) in [5.74, 6) is 0.295. The quantitative estimate of drug-likeness (QED) is 0.591. The summed E-state index contributed by atoms with van der Waals surface area (Å²) >= 11 is 0. The van der Waals surface area contributed by atoms with Crippen molar-refractivity contribution in [3.05, 3.63) is 34.9 Å². The molecular weight excluding hydrogens is 160 g/mol. The summed E-state index contributed by atoms with van der Waals surface area (Å²) in [7, 11) is 0. The van der Waals surface area contributed by atoms with Crippen molar-refractivity contribution in [2.45, 2.75) is 32.6 Å². The third kappa shape index (κ3) is 1.19. The Balaban J connectivity index is 2.66. The Bertz CT molecular complexity index is 375. The molecule has 13 heavy (non-hydrogen) atoms. The molecule has 0 atom stereocenters. The van der Waals surface area contributed by atoms with Gasteiger partial charge in [0.2, 0.25) is 0 Å². The minimum absolute atomic E-state index is 0.0418. The molecule has 0 bridgehead atoms. The Labute approximate surface area is 78.8 Å². The van der Waals surface area contributed by atoms with Crippen LogP contribution in [0.1, 0.15) is 41.8 Å². The molecule has 0 saturated carbocycles. The Morgan fingerprint density at radius 3 is 2.69 bits per heavy atom. The van der Waals surface area contributed by atoms with E-state index in [0.717, 1.165) is 5.56 Å². The summed E-state index contributed by atoms with van der Waals surface area (Å²) in [5.41, 5.74) is 3.36. The van der Waals surface area contributed by atoms with E-state index in [0.29, 0.717) is 12.2 Å². The van der Waals surface area contributed by atoms with Gasteiger partial charge in [0, 0.05) is 12.0 Å². The highest BCUT2D eigenvalue weighted by molar-refractivity contribution is 6.02. The van der Waals surface area contributed by atoms with E-state index < -0.39 is 0 Å². The lowest BCUT2D eigenvalue weighted by Gasteiger charge is -2.17. The van der Waals surface area contributed by atoms with Crippen molar-refractivity contribution in [2.75, 3.05) is 0 Å². The summed E-state index contributed by atoms with van der Waals surface area (Å²) in [6.07, 6.45) is 0.659. The van der Waals surface area contributed by atoms with Crippen LogP contribution in [0.25, 0.3) is 0 Å². The molecule has 0 aromatic heterocycles. The van der Waals surface area contributed by atoms with Crippen molar-refractivity contribution in [1.82, 2.24) is 0 Å². The average molecular weight is 174 g/mol. The van der Waals surface area contributed by atoms with E-state index >= 15 is 0 Å². The lowest BCUT2D eigenvalue weighted by atomic mass is 9.86. The smallest absolute Gasteiger partial charge is 0.164 e. The van der Waals surface area contributed by atoms with E-state index in [1.165, 1.54) is 11.1 Å². The van der Waals surface area contributed by atoms with Crippen LogP contribution in [0.3, 0.4) is 0 Å². The number of carbonyl (C=O) groups is 1. The minimum Gasteiger partial charge on any atom is -0.294 e. The van der Waals surface area contributed by atoms with Crippen LogP contribution in [0.2, 0.25) is 0 Å². The van der Waals surface area contributed by atoms with Crippen molar-refractivity contribution >= 4 is 5.78 Å². The third-order valence-electron chi connectivity index (χ3n) is 2.81. The zero-order valence-corrected chi connectivity index (χ0v) is 8.35. The second-order valence-electron chi connectivity index (χ2n) is 4.53. The van der Waals surface area contributed by atoms with E-state index in [4.69, 9.17) is 0 Å². The first kappa shape index (κ1) is 8.49. The topological polar surface area (TPSA) is 17.1 Å². The first-order chi connectivity index (χ1) is 6.00. The molecule has 0 amide bonds. The standard InChI is InChI=1S/C12H14O/c1-8-4-5-10-9(6-8)11(13)7-12(10,2)3/h4-6H,7H2,1-3H3. The molecule has 1 aromatic rings. The second-order valence-corrected chi connectivity index (χ2v) is 4.53. The van der Waals surface area contributed by atoms with Gasteiger partial charge >= 0.3 is 0 Å². The molecule has 0 saturated heterocycles. The van der Waals surface area contributed by atoms with Gasteiger partial charge in [0.05, 0.1) is 0 Å². The van der Waals surface area contributed by atoms with E-state index in [-0.39, 0.29) is 5.41 Å². The number of benzene rings is 1. The lowest BCUT2D eigenvalue weighted by Crippen LogP contribution is -2.12. The second kappa shape index (κ2) is 2.44. The molecule has 0 fully saturated rings. The van der Waals surface area contributed by atoms with Crippen molar-refractivity contribution in [2.24, 2.45) is 0 Å². The summed E-state index contributed by atoms with van der Waals surface area (Å²) < 4.78 is 0. The number of aryl methyl sites for hydroxylation is 1. The highest BCUT2D eigenvalue weighted by Gasteiger charge is 2.35. The predicted octanol–water partition coefficient (Wildman–Crippen LogP) is 2.86. The monoisotopic (exact) mass is 174 g/mol. The molecule has 0 unspecified atom stereocenters. The van der Waals surface area contributed by atoms with Crippen LogP contribution in [0, 0.1) is 6.92 Å². The molecule has 1 nitrogen and oxygen atoms in total. The van der Waals surface area contributed by atoms with E-state index in [1.54, 1.807) is 0 Å². The van der Waals surface area contributed by atoms with Crippen LogP contribution in [-0.4, -0.2) is 5.78 Å². The molecule has 0 aliphatic heterocycles. The van der Waals surface area contributed by atoms with Gasteiger partial charge < -0.3 is 0 Å². The Morgan fingerprint density at radius 2 is 2.00 bits per heavy atom. The third-order valence-corrected chi connectivity index (χ3v) is 2.81. The summed E-state index contributed by atoms with van der Waals surface area (Å²) in [6.45, 7) is 6.29. The van der Waals surface area contributed by atoms with Gasteiger partial charge in [-0.25, -0.2) is 0 Å². The van der Waals surface area contributed by atoms with Crippen LogP contribution >= 0.6 is 0 Å². The number of rotatable bonds is 0. The van der Waals surface area contributed by atoms with Gasteiger partial charge in [0.1, 0.15) is 0 Å². The zero-order chi connectivity index (χ0) is 9.64. The van der Waals surface area contributed by atoms with Crippen molar-refractivity contribution in [3.8, 4) is 0 Å². The Kier molecular flexibility index (Phi) is 1.59. The fraction of sp³-hybridized carbons (Fsp3) is 0.417. The largest absolute Gasteiger partial charge is 0.294 e. The lowest BCUT2D eigenvalue weighted by molar-refractivity contribution is 0.0979. The maximum absolute atomic E-state index is 11.6. The Hall–Kier alpha value is -1.11. The SMILES string of the molecule is Cc1ccc2c(c1)C(=O)CC2(C)C. The summed E-state index contributed by atoms with van der Waals surface area (Å²) in [5, 5.41) is 0. The highest BCUT2D eigenvalue weighted by atomic mass is 16.1. The molecule has 0 spiro atoms. The molecular formula is C12H14O. The summed E-state index contributed by atoms with van der Waals surface area (Å²) in [4.78, 5) is 11.6. The average Bonchev–Trinajstić information content (AvgIpc) is 2.22.